The van der Waals surface area contributed by atoms with Crippen molar-refractivity contribution in [3.63, 3.8) is 0 Å². The number of thiazole rings is 1. The number of aromatic nitrogens is 2. The third kappa shape index (κ3) is 2.77. The smallest absolute Gasteiger partial charge is 0.143 e. The fraction of sp³-hybridized carbons (Fsp3) is 0.500. The van der Waals surface area contributed by atoms with Crippen LogP contribution in [0, 0.1) is 6.92 Å². The lowest BCUT2D eigenvalue weighted by Crippen LogP contribution is -2.18. The summed E-state index contributed by atoms with van der Waals surface area (Å²) < 4.78 is 5.70. The Morgan fingerprint density at radius 2 is 2.12 bits per heavy atom. The standard InChI is InChI=1S/C12H16N2OS/c1-8-5-9-11(13-6-8)16-10(14-9)7-15-12(2,3)4/h5-6H,7H2,1-4H3. The first-order valence-corrected chi connectivity index (χ1v) is 6.12. The van der Waals surface area contributed by atoms with Crippen LogP contribution in [0.25, 0.3) is 10.3 Å². The molecular weight excluding hydrogens is 220 g/mol. The van der Waals surface area contributed by atoms with Gasteiger partial charge in [-0.1, -0.05) is 11.3 Å². The number of fused-ring (bicyclic) bond motifs is 1. The van der Waals surface area contributed by atoms with E-state index in [4.69, 9.17) is 4.74 Å². The summed E-state index contributed by atoms with van der Waals surface area (Å²) in [7, 11) is 0. The van der Waals surface area contributed by atoms with Crippen molar-refractivity contribution in [2.45, 2.75) is 39.9 Å². The van der Waals surface area contributed by atoms with Gasteiger partial charge in [0.2, 0.25) is 0 Å². The molecule has 0 N–H and O–H groups in total. The molecule has 86 valence electrons. The molecule has 3 nitrogen and oxygen atoms in total. The van der Waals surface area contributed by atoms with E-state index >= 15 is 0 Å². The summed E-state index contributed by atoms with van der Waals surface area (Å²) in [5.74, 6) is 0. The minimum atomic E-state index is -0.124. The summed E-state index contributed by atoms with van der Waals surface area (Å²) in [5.41, 5.74) is 1.99. The highest BCUT2D eigenvalue weighted by Gasteiger charge is 2.12. The first-order chi connectivity index (χ1) is 7.44. The molecule has 2 rings (SSSR count). The van der Waals surface area contributed by atoms with Crippen molar-refractivity contribution in [1.29, 1.82) is 0 Å². The second-order valence-electron chi connectivity index (χ2n) is 4.85. The Balaban J connectivity index is 2.20. The minimum absolute atomic E-state index is 0.124. The molecule has 0 spiro atoms. The molecule has 0 saturated carbocycles. The molecule has 0 aromatic carbocycles. The van der Waals surface area contributed by atoms with Crippen LogP contribution in [0.1, 0.15) is 31.3 Å². The van der Waals surface area contributed by atoms with Crippen LogP contribution in [0.5, 0.6) is 0 Å². The highest BCUT2D eigenvalue weighted by Crippen LogP contribution is 2.22. The van der Waals surface area contributed by atoms with Gasteiger partial charge < -0.3 is 4.74 Å². The van der Waals surface area contributed by atoms with E-state index in [0.717, 1.165) is 20.9 Å². The van der Waals surface area contributed by atoms with E-state index in [1.54, 1.807) is 11.3 Å². The van der Waals surface area contributed by atoms with Crippen molar-refractivity contribution in [2.75, 3.05) is 0 Å². The monoisotopic (exact) mass is 236 g/mol. The molecule has 2 aromatic heterocycles. The first-order valence-electron chi connectivity index (χ1n) is 5.30. The maximum atomic E-state index is 5.70. The maximum absolute atomic E-state index is 5.70. The third-order valence-electron chi connectivity index (χ3n) is 2.06. The first kappa shape index (κ1) is 11.5. The number of ether oxygens (including phenoxy) is 1. The van der Waals surface area contributed by atoms with Crippen molar-refractivity contribution < 1.29 is 4.74 Å². The Hall–Kier alpha value is -1.00. The molecule has 0 unspecified atom stereocenters. The van der Waals surface area contributed by atoms with Crippen LogP contribution >= 0.6 is 11.3 Å². The van der Waals surface area contributed by atoms with Gasteiger partial charge in [0.15, 0.2) is 0 Å². The van der Waals surface area contributed by atoms with Crippen LogP contribution < -0.4 is 0 Å². The van der Waals surface area contributed by atoms with Gasteiger partial charge >= 0.3 is 0 Å². The maximum Gasteiger partial charge on any atom is 0.143 e. The lowest BCUT2D eigenvalue weighted by Gasteiger charge is -2.18. The Morgan fingerprint density at radius 1 is 1.38 bits per heavy atom. The lowest BCUT2D eigenvalue weighted by atomic mass is 10.2. The summed E-state index contributed by atoms with van der Waals surface area (Å²) in [6.45, 7) is 8.72. The summed E-state index contributed by atoms with van der Waals surface area (Å²) in [6, 6.07) is 2.05. The van der Waals surface area contributed by atoms with Crippen molar-refractivity contribution in [1.82, 2.24) is 9.97 Å². The van der Waals surface area contributed by atoms with Crippen LogP contribution in [0.2, 0.25) is 0 Å². The van der Waals surface area contributed by atoms with E-state index in [1.807, 2.05) is 33.9 Å². The molecule has 2 heterocycles. The van der Waals surface area contributed by atoms with Gasteiger partial charge in [0.05, 0.1) is 12.2 Å². The van der Waals surface area contributed by atoms with Gasteiger partial charge in [0, 0.05) is 6.20 Å². The Kier molecular flexibility index (Phi) is 2.95. The molecule has 16 heavy (non-hydrogen) atoms. The van der Waals surface area contributed by atoms with Crippen molar-refractivity contribution >= 4 is 21.7 Å². The fourth-order valence-electron chi connectivity index (χ4n) is 1.31. The average molecular weight is 236 g/mol. The van der Waals surface area contributed by atoms with E-state index in [1.165, 1.54) is 0 Å². The lowest BCUT2D eigenvalue weighted by molar-refractivity contribution is -0.0149. The zero-order valence-electron chi connectivity index (χ0n) is 10.1. The predicted octanol–water partition coefficient (Wildman–Crippen LogP) is 3.31. The number of pyridine rings is 1. The molecular formula is C12H16N2OS. The molecule has 0 bridgehead atoms. The number of rotatable bonds is 2. The summed E-state index contributed by atoms with van der Waals surface area (Å²) in [5, 5.41) is 0.989. The van der Waals surface area contributed by atoms with Crippen molar-refractivity contribution in [3.05, 3.63) is 22.8 Å². The second-order valence-corrected chi connectivity index (χ2v) is 5.91. The van der Waals surface area contributed by atoms with Gasteiger partial charge in [0.1, 0.15) is 15.4 Å². The second kappa shape index (κ2) is 4.11. The minimum Gasteiger partial charge on any atom is -0.369 e. The number of aryl methyl sites for hydroxylation is 1. The van der Waals surface area contributed by atoms with Gasteiger partial charge in [0.25, 0.3) is 0 Å². The van der Waals surface area contributed by atoms with Gasteiger partial charge in [-0.05, 0) is 39.3 Å². The molecule has 0 aliphatic rings. The molecule has 0 saturated heterocycles. The molecule has 0 fully saturated rings. The Morgan fingerprint density at radius 3 is 2.81 bits per heavy atom. The molecule has 2 aromatic rings. The van der Waals surface area contributed by atoms with Crippen LogP contribution in [0.4, 0.5) is 0 Å². The summed E-state index contributed by atoms with van der Waals surface area (Å²) >= 11 is 1.60. The van der Waals surface area contributed by atoms with Crippen LogP contribution in [-0.2, 0) is 11.3 Å². The van der Waals surface area contributed by atoms with Gasteiger partial charge in [-0.25, -0.2) is 9.97 Å². The van der Waals surface area contributed by atoms with Crippen molar-refractivity contribution in [3.8, 4) is 0 Å². The molecule has 0 aliphatic carbocycles. The Labute approximate surface area is 99.5 Å². The highest BCUT2D eigenvalue weighted by atomic mass is 32.1. The van der Waals surface area contributed by atoms with E-state index in [-0.39, 0.29) is 5.60 Å². The normalized spacial score (nSPS) is 12.2. The van der Waals surface area contributed by atoms with E-state index in [2.05, 4.69) is 16.0 Å². The highest BCUT2D eigenvalue weighted by molar-refractivity contribution is 7.18. The SMILES string of the molecule is Cc1cnc2sc(COC(C)(C)C)nc2c1. The largest absolute Gasteiger partial charge is 0.369 e. The fourth-order valence-corrected chi connectivity index (χ4v) is 2.11. The Bertz CT molecular complexity index is 499. The van der Waals surface area contributed by atoms with E-state index in [9.17, 15) is 0 Å². The number of hydrogen-bond donors (Lipinski definition) is 0. The van der Waals surface area contributed by atoms with Gasteiger partial charge in [-0.3, -0.25) is 0 Å². The zero-order chi connectivity index (χ0) is 11.8. The average Bonchev–Trinajstić information content (AvgIpc) is 2.55. The quantitative estimate of drug-likeness (QED) is 0.802. The summed E-state index contributed by atoms with van der Waals surface area (Å²) in [4.78, 5) is 9.84. The van der Waals surface area contributed by atoms with Crippen LogP contribution in [0.3, 0.4) is 0 Å². The third-order valence-corrected chi connectivity index (χ3v) is 3.01. The molecule has 0 amide bonds. The van der Waals surface area contributed by atoms with Gasteiger partial charge in [-0.15, -0.1) is 0 Å². The zero-order valence-corrected chi connectivity index (χ0v) is 10.9. The van der Waals surface area contributed by atoms with Crippen LogP contribution in [-0.4, -0.2) is 15.6 Å². The number of nitrogens with zero attached hydrogens (tertiary/aromatic N) is 2. The molecule has 0 atom stereocenters. The van der Waals surface area contributed by atoms with E-state index < -0.39 is 0 Å². The molecule has 0 radical (unpaired) electrons. The van der Waals surface area contributed by atoms with E-state index in [0.29, 0.717) is 6.61 Å². The predicted molar refractivity (Wildman–Crippen MR) is 66.7 cm³/mol. The van der Waals surface area contributed by atoms with Crippen LogP contribution in [0.15, 0.2) is 12.3 Å². The molecule has 4 heteroatoms. The van der Waals surface area contributed by atoms with Gasteiger partial charge in [-0.2, -0.15) is 0 Å². The molecule has 0 aliphatic heterocycles. The van der Waals surface area contributed by atoms with Crippen molar-refractivity contribution in [2.24, 2.45) is 0 Å². The topological polar surface area (TPSA) is 35.0 Å². The number of hydrogen-bond acceptors (Lipinski definition) is 4. The summed E-state index contributed by atoms with van der Waals surface area (Å²) in [6.07, 6.45) is 1.87.